The molecule has 4 aromatic rings. The zero-order chi connectivity index (χ0) is 20.6. The Bertz CT molecular complexity index is 1260. The maximum absolute atomic E-state index is 10.5. The number of thioether (sulfide) groups is 1. The summed E-state index contributed by atoms with van der Waals surface area (Å²) in [6, 6.07) is 33.4. The van der Waals surface area contributed by atoms with Crippen molar-refractivity contribution in [2.24, 2.45) is 0 Å². The lowest BCUT2D eigenvalue weighted by Crippen LogP contribution is -2.41. The van der Waals surface area contributed by atoms with E-state index in [1.165, 1.54) is 10.8 Å². The number of halogens is 1. The van der Waals surface area contributed by atoms with Crippen molar-refractivity contribution in [1.82, 2.24) is 0 Å². The third-order valence-corrected chi connectivity index (χ3v) is 7.28. The summed E-state index contributed by atoms with van der Waals surface area (Å²) in [6.07, 6.45) is 0.633. The molecule has 146 valence electrons. The summed E-state index contributed by atoms with van der Waals surface area (Å²) >= 11 is 7.79. The van der Waals surface area contributed by atoms with Gasteiger partial charge in [-0.15, -0.1) is 0 Å². The second kappa shape index (κ2) is 7.72. The molecule has 0 aromatic heterocycles. The number of nitrogens with zero attached hydrogens (tertiary/aromatic N) is 1. The van der Waals surface area contributed by atoms with Gasteiger partial charge in [-0.3, -0.25) is 0 Å². The fourth-order valence-electron chi connectivity index (χ4n) is 4.13. The molecule has 1 N–H and O–H groups in total. The maximum Gasteiger partial charge on any atom is 0.135 e. The van der Waals surface area contributed by atoms with E-state index in [1.54, 1.807) is 11.8 Å². The number of benzene rings is 4. The number of nitrogens with one attached hydrogen (secondary N) is 1. The molecule has 0 bridgehead atoms. The second-order valence-corrected chi connectivity index (χ2v) is 9.40. The summed E-state index contributed by atoms with van der Waals surface area (Å²) in [6.45, 7) is 0. The summed E-state index contributed by atoms with van der Waals surface area (Å²) in [4.78, 5) is 1.10. The van der Waals surface area contributed by atoms with E-state index in [1.807, 2.05) is 42.5 Å². The molecule has 0 fully saturated rings. The van der Waals surface area contributed by atoms with E-state index in [0.717, 1.165) is 21.7 Å². The molecule has 2 nitrogen and oxygen atoms in total. The lowest BCUT2D eigenvalue weighted by molar-refractivity contribution is 0.601. The minimum absolute atomic E-state index is 0.161. The van der Waals surface area contributed by atoms with Crippen molar-refractivity contribution in [2.45, 2.75) is 22.1 Å². The molecule has 30 heavy (non-hydrogen) atoms. The molecule has 1 aliphatic rings. The Hall–Kier alpha value is -2.93. The number of anilines is 1. The summed E-state index contributed by atoms with van der Waals surface area (Å²) in [5.74, 6) is 0. The first kappa shape index (κ1) is 19.1. The monoisotopic (exact) mass is 426 g/mol. The molecule has 4 aromatic carbocycles. The Labute approximate surface area is 185 Å². The third kappa shape index (κ3) is 3.43. The van der Waals surface area contributed by atoms with Crippen LogP contribution < -0.4 is 5.32 Å². The third-order valence-electron chi connectivity index (χ3n) is 5.62. The summed E-state index contributed by atoms with van der Waals surface area (Å²) in [7, 11) is 0. The number of fused-ring (bicyclic) bond motifs is 2. The number of hydrogen-bond acceptors (Lipinski definition) is 3. The van der Waals surface area contributed by atoms with Gasteiger partial charge >= 0.3 is 0 Å². The molecule has 1 heterocycles. The minimum Gasteiger partial charge on any atom is -0.375 e. The number of nitriles is 1. The van der Waals surface area contributed by atoms with E-state index in [0.29, 0.717) is 11.4 Å². The summed E-state index contributed by atoms with van der Waals surface area (Å²) < 4.78 is -0.690. The van der Waals surface area contributed by atoms with Crippen LogP contribution in [0.5, 0.6) is 0 Å². The fraction of sp³-hybridized carbons (Fsp3) is 0.115. The van der Waals surface area contributed by atoms with E-state index in [9.17, 15) is 5.26 Å². The smallest absolute Gasteiger partial charge is 0.135 e. The Morgan fingerprint density at radius 3 is 2.43 bits per heavy atom. The first-order valence-electron chi connectivity index (χ1n) is 9.86. The molecule has 0 radical (unpaired) electrons. The van der Waals surface area contributed by atoms with Gasteiger partial charge in [0.05, 0.1) is 12.1 Å². The second-order valence-electron chi connectivity index (χ2n) is 7.59. The van der Waals surface area contributed by atoms with Crippen molar-refractivity contribution in [1.29, 1.82) is 5.26 Å². The minimum atomic E-state index is -0.690. The number of rotatable bonds is 3. The topological polar surface area (TPSA) is 35.8 Å². The van der Waals surface area contributed by atoms with Crippen LogP contribution in [0, 0.1) is 11.3 Å². The van der Waals surface area contributed by atoms with Crippen molar-refractivity contribution in [3.63, 3.8) is 0 Å². The van der Waals surface area contributed by atoms with Gasteiger partial charge in [0.25, 0.3) is 0 Å². The Morgan fingerprint density at radius 2 is 1.63 bits per heavy atom. The molecular weight excluding hydrogens is 408 g/mol. The van der Waals surface area contributed by atoms with Crippen LogP contribution in [0.1, 0.15) is 17.2 Å². The van der Waals surface area contributed by atoms with E-state index < -0.39 is 4.75 Å². The van der Waals surface area contributed by atoms with Gasteiger partial charge in [-0.25, -0.2) is 0 Å². The lowest BCUT2D eigenvalue weighted by atomic mass is 9.86. The molecule has 0 spiro atoms. The first-order valence-corrected chi connectivity index (χ1v) is 11.1. The SMILES string of the molecule is N#CC1(Cc2ccc3ccccc3c2)Sc2ccccc2NC1c1ccc(Cl)cc1. The normalized spacial score (nSPS) is 20.2. The summed E-state index contributed by atoms with van der Waals surface area (Å²) in [5.41, 5.74) is 3.28. The van der Waals surface area contributed by atoms with Gasteiger partial charge in [0, 0.05) is 22.0 Å². The molecule has 0 saturated heterocycles. The van der Waals surface area contributed by atoms with Crippen LogP contribution in [-0.4, -0.2) is 4.75 Å². The Balaban J connectivity index is 1.61. The van der Waals surface area contributed by atoms with Crippen LogP contribution >= 0.6 is 23.4 Å². The summed E-state index contributed by atoms with van der Waals surface area (Å²) in [5, 5.41) is 17.2. The number of para-hydroxylation sites is 1. The van der Waals surface area contributed by atoms with Gasteiger partial charge in [0.2, 0.25) is 0 Å². The quantitative estimate of drug-likeness (QED) is 0.374. The highest BCUT2D eigenvalue weighted by molar-refractivity contribution is 8.01. The first-order chi connectivity index (χ1) is 14.7. The average molecular weight is 427 g/mol. The molecule has 0 saturated carbocycles. The largest absolute Gasteiger partial charge is 0.375 e. The highest BCUT2D eigenvalue weighted by atomic mass is 35.5. The van der Waals surface area contributed by atoms with Crippen LogP contribution in [0.3, 0.4) is 0 Å². The standard InChI is InChI=1S/C26H19ClN2S/c27-22-13-11-20(12-14-22)25-26(17-28,30-24-8-4-3-7-23(24)29-25)16-18-9-10-19-5-1-2-6-21(19)15-18/h1-15,25,29H,16H2. The van der Waals surface area contributed by atoms with Crippen molar-refractivity contribution in [3.05, 3.63) is 107 Å². The zero-order valence-corrected chi connectivity index (χ0v) is 17.8. The molecule has 0 amide bonds. The van der Waals surface area contributed by atoms with Crippen molar-refractivity contribution < 1.29 is 0 Å². The van der Waals surface area contributed by atoms with E-state index >= 15 is 0 Å². The number of hydrogen-bond donors (Lipinski definition) is 1. The fourth-order valence-corrected chi connectivity index (χ4v) is 5.63. The van der Waals surface area contributed by atoms with Crippen LogP contribution in [-0.2, 0) is 6.42 Å². The van der Waals surface area contributed by atoms with Crippen LogP contribution in [0.25, 0.3) is 10.8 Å². The molecular formula is C26H19ClN2S. The molecule has 1 aliphatic heterocycles. The van der Waals surface area contributed by atoms with Gasteiger partial charge in [0.1, 0.15) is 4.75 Å². The lowest BCUT2D eigenvalue weighted by Gasteiger charge is -2.40. The average Bonchev–Trinajstić information content (AvgIpc) is 2.79. The highest BCUT2D eigenvalue weighted by Crippen LogP contribution is 2.52. The molecule has 2 atom stereocenters. The molecule has 2 unspecified atom stereocenters. The van der Waals surface area contributed by atoms with E-state index in [-0.39, 0.29) is 6.04 Å². The Kier molecular flexibility index (Phi) is 4.90. The van der Waals surface area contributed by atoms with E-state index in [2.05, 4.69) is 59.9 Å². The predicted octanol–water partition coefficient (Wildman–Crippen LogP) is 7.26. The van der Waals surface area contributed by atoms with Gasteiger partial charge < -0.3 is 5.32 Å². The molecule has 4 heteroatoms. The molecule has 0 aliphatic carbocycles. The Morgan fingerprint density at radius 1 is 0.900 bits per heavy atom. The van der Waals surface area contributed by atoms with Crippen molar-refractivity contribution in [3.8, 4) is 6.07 Å². The highest BCUT2D eigenvalue weighted by Gasteiger charge is 2.45. The zero-order valence-electron chi connectivity index (χ0n) is 16.2. The van der Waals surface area contributed by atoms with Crippen LogP contribution in [0.2, 0.25) is 5.02 Å². The van der Waals surface area contributed by atoms with Crippen LogP contribution in [0.15, 0.2) is 95.9 Å². The van der Waals surface area contributed by atoms with Crippen molar-refractivity contribution in [2.75, 3.05) is 5.32 Å². The van der Waals surface area contributed by atoms with Crippen molar-refractivity contribution >= 4 is 39.8 Å². The maximum atomic E-state index is 10.5. The van der Waals surface area contributed by atoms with Gasteiger partial charge in [-0.2, -0.15) is 5.26 Å². The van der Waals surface area contributed by atoms with Gasteiger partial charge in [-0.1, -0.05) is 90.1 Å². The predicted molar refractivity (Wildman–Crippen MR) is 126 cm³/mol. The van der Waals surface area contributed by atoms with E-state index in [4.69, 9.17) is 11.6 Å². The van der Waals surface area contributed by atoms with Gasteiger partial charge in [0.15, 0.2) is 0 Å². The van der Waals surface area contributed by atoms with Crippen LogP contribution in [0.4, 0.5) is 5.69 Å². The van der Waals surface area contributed by atoms with Gasteiger partial charge in [-0.05, 0) is 46.2 Å². The molecule has 5 rings (SSSR count).